The molecule has 8 nitrogen and oxygen atoms in total. The van der Waals surface area contributed by atoms with Crippen molar-refractivity contribution in [2.45, 2.75) is 147 Å². The van der Waals surface area contributed by atoms with E-state index in [2.05, 4.69) is 67.0 Å². The molecule has 2 aliphatic carbocycles. The standard InChI is InChI=1S/C43H69N3O5/c1-3-4-7-14-33-19-20-35(40(48)26-33)15-10-6-11-16-38(42(49)50)39(47)21-23-43(51)28-36(25-34-22-24-45-41(44)27-34)37(29-43)30-46-31(2)17-18-32-12-8-5-9-13-32/h5,8-9,12-13,19-20,22,27,31,33,35-40,45-48,51H,3-4,6-7,10-11,14-18,21,23-26,28-30,44H2,1-2H3,(H,49,50)/t31-,33-,35-,36-,37+,38+,39-,40-,43-/m1/s1. The van der Waals surface area contributed by atoms with Gasteiger partial charge in [-0.05, 0) is 119 Å². The monoisotopic (exact) mass is 708 g/mol. The quantitative estimate of drug-likeness (QED) is 0.0475. The Bertz CT molecular complexity index is 1270. The number of aliphatic hydroxyl groups is 3. The van der Waals surface area contributed by atoms with Crippen molar-refractivity contribution in [1.82, 2.24) is 10.6 Å². The highest BCUT2D eigenvalue weighted by Crippen LogP contribution is 2.45. The maximum atomic E-state index is 12.2. The highest BCUT2D eigenvalue weighted by Gasteiger charge is 2.44. The molecule has 0 saturated heterocycles. The van der Waals surface area contributed by atoms with E-state index < -0.39 is 23.6 Å². The van der Waals surface area contributed by atoms with Crippen molar-refractivity contribution in [3.8, 4) is 0 Å². The molecule has 1 heterocycles. The van der Waals surface area contributed by atoms with Crippen LogP contribution in [-0.4, -0.2) is 63.3 Å². The molecule has 8 heteroatoms. The van der Waals surface area contributed by atoms with Crippen LogP contribution in [0.25, 0.3) is 0 Å². The zero-order valence-electron chi connectivity index (χ0n) is 31.5. The molecule has 1 aromatic carbocycles. The average Bonchev–Trinajstić information content (AvgIpc) is 3.42. The number of nitrogens with two attached hydrogens (primary N) is 1. The second kappa shape index (κ2) is 21.2. The van der Waals surface area contributed by atoms with E-state index in [9.17, 15) is 25.2 Å². The van der Waals surface area contributed by atoms with Crippen LogP contribution in [0.3, 0.4) is 0 Å². The van der Waals surface area contributed by atoms with Crippen molar-refractivity contribution in [1.29, 1.82) is 0 Å². The minimum atomic E-state index is -0.997. The van der Waals surface area contributed by atoms with Crippen LogP contribution in [0.2, 0.25) is 0 Å². The smallest absolute Gasteiger partial charge is 0.309 e. The summed E-state index contributed by atoms with van der Waals surface area (Å²) in [6, 6.07) is 10.9. The Morgan fingerprint density at radius 2 is 1.78 bits per heavy atom. The fourth-order valence-electron chi connectivity index (χ4n) is 8.78. The molecule has 8 N–H and O–H groups in total. The van der Waals surface area contributed by atoms with Gasteiger partial charge in [-0.3, -0.25) is 4.79 Å². The summed E-state index contributed by atoms with van der Waals surface area (Å²) in [5.41, 5.74) is 7.65. The molecule has 0 unspecified atom stereocenters. The molecule has 0 radical (unpaired) electrons. The number of aryl methyl sites for hydroxylation is 1. The number of rotatable bonds is 23. The Morgan fingerprint density at radius 1 is 1.02 bits per heavy atom. The van der Waals surface area contributed by atoms with Gasteiger partial charge in [0.2, 0.25) is 0 Å². The van der Waals surface area contributed by atoms with Gasteiger partial charge in [0.05, 0.1) is 29.5 Å². The zero-order chi connectivity index (χ0) is 36.6. The number of carbonyl (C=O) groups is 1. The second-order valence-electron chi connectivity index (χ2n) is 16.2. The van der Waals surface area contributed by atoms with Gasteiger partial charge in [0.15, 0.2) is 0 Å². The number of benzene rings is 1. The largest absolute Gasteiger partial charge is 0.481 e. The van der Waals surface area contributed by atoms with Crippen LogP contribution in [0, 0.1) is 29.6 Å². The van der Waals surface area contributed by atoms with Crippen molar-refractivity contribution in [3.05, 3.63) is 71.6 Å². The van der Waals surface area contributed by atoms with Crippen molar-refractivity contribution >= 4 is 5.97 Å². The van der Waals surface area contributed by atoms with Gasteiger partial charge in [0.1, 0.15) is 0 Å². The number of allylic oxidation sites excluding steroid dienone is 3. The van der Waals surface area contributed by atoms with Gasteiger partial charge in [-0.15, -0.1) is 0 Å². The lowest BCUT2D eigenvalue weighted by molar-refractivity contribution is -0.146. The summed E-state index contributed by atoms with van der Waals surface area (Å²) in [5, 5.41) is 50.6. The summed E-state index contributed by atoms with van der Waals surface area (Å²) in [6.07, 6.45) is 21.7. The Balaban J connectivity index is 1.23. The van der Waals surface area contributed by atoms with Gasteiger partial charge in [-0.25, -0.2) is 0 Å². The van der Waals surface area contributed by atoms with Crippen LogP contribution in [-0.2, 0) is 11.2 Å². The van der Waals surface area contributed by atoms with E-state index in [0.717, 1.165) is 64.3 Å². The molecule has 0 aromatic heterocycles. The number of aliphatic hydroxyl groups excluding tert-OH is 2. The predicted octanol–water partition coefficient (Wildman–Crippen LogP) is 7.00. The van der Waals surface area contributed by atoms with Gasteiger partial charge in [0, 0.05) is 18.5 Å². The molecular weight excluding hydrogens is 638 g/mol. The van der Waals surface area contributed by atoms with Crippen LogP contribution in [0.5, 0.6) is 0 Å². The normalized spacial score (nSPS) is 28.1. The number of hydrogen-bond acceptors (Lipinski definition) is 7. The van der Waals surface area contributed by atoms with Gasteiger partial charge in [-0.1, -0.05) is 94.0 Å². The molecule has 1 aliphatic heterocycles. The molecule has 0 bridgehead atoms. The first kappa shape index (κ1) is 41.1. The van der Waals surface area contributed by atoms with Crippen molar-refractivity contribution in [2.75, 3.05) is 13.1 Å². The van der Waals surface area contributed by atoms with Crippen molar-refractivity contribution in [2.24, 2.45) is 35.3 Å². The minimum absolute atomic E-state index is 0.181. The van der Waals surface area contributed by atoms with Gasteiger partial charge >= 0.3 is 5.97 Å². The Morgan fingerprint density at radius 3 is 2.51 bits per heavy atom. The summed E-state index contributed by atoms with van der Waals surface area (Å²) in [5.74, 6) is 0.0463. The summed E-state index contributed by atoms with van der Waals surface area (Å²) in [4.78, 5) is 12.2. The van der Waals surface area contributed by atoms with E-state index in [1.165, 1.54) is 30.4 Å². The maximum absolute atomic E-state index is 12.2. The SMILES string of the molecule is CCCCC[C@@H]1C=C[C@@H](CCCCC[C@H](C(=O)O)[C@H](O)CC[C@]2(O)C[C@@H](CN[C@H](C)CCc3ccccc3)[C@H](CC3=CCNC(N)=C3)C2)[C@H](O)C1. The number of nitrogens with one attached hydrogen (secondary N) is 2. The number of hydrogen-bond donors (Lipinski definition) is 7. The lowest BCUT2D eigenvalue weighted by atomic mass is 9.81. The first-order valence-electron chi connectivity index (χ1n) is 20.2. The van der Waals surface area contributed by atoms with Gasteiger partial charge in [0.25, 0.3) is 0 Å². The first-order valence-corrected chi connectivity index (χ1v) is 20.2. The Labute approximate surface area is 308 Å². The van der Waals surface area contributed by atoms with Crippen LogP contribution >= 0.6 is 0 Å². The van der Waals surface area contributed by atoms with E-state index in [0.29, 0.717) is 50.0 Å². The first-order chi connectivity index (χ1) is 24.5. The molecule has 0 spiro atoms. The molecule has 1 aromatic rings. The zero-order valence-corrected chi connectivity index (χ0v) is 31.5. The van der Waals surface area contributed by atoms with Crippen molar-refractivity contribution < 1.29 is 25.2 Å². The molecule has 3 aliphatic rings. The molecule has 1 fully saturated rings. The molecule has 4 rings (SSSR count). The molecule has 1 saturated carbocycles. The third-order valence-corrected chi connectivity index (χ3v) is 12.0. The molecular formula is C43H69N3O5. The summed E-state index contributed by atoms with van der Waals surface area (Å²) >= 11 is 0. The summed E-state index contributed by atoms with van der Waals surface area (Å²) in [7, 11) is 0. The van der Waals surface area contributed by atoms with Crippen LogP contribution < -0.4 is 16.4 Å². The molecule has 51 heavy (non-hydrogen) atoms. The third kappa shape index (κ3) is 14.0. The Kier molecular flexibility index (Phi) is 17.0. The fraction of sp³-hybridized carbons (Fsp3) is 0.698. The van der Waals surface area contributed by atoms with Crippen molar-refractivity contribution in [3.63, 3.8) is 0 Å². The molecule has 0 amide bonds. The number of aliphatic carboxylic acids is 1. The second-order valence-corrected chi connectivity index (χ2v) is 16.2. The third-order valence-electron chi connectivity index (χ3n) is 12.0. The van der Waals surface area contributed by atoms with E-state index in [1.807, 2.05) is 12.1 Å². The number of dihydropyridines is 1. The Hall–Kier alpha value is -2.65. The maximum Gasteiger partial charge on any atom is 0.309 e. The number of carboxylic acid groups (broad SMARTS) is 1. The van der Waals surface area contributed by atoms with E-state index in [1.54, 1.807) is 0 Å². The van der Waals surface area contributed by atoms with E-state index in [4.69, 9.17) is 5.73 Å². The lowest BCUT2D eigenvalue weighted by Crippen LogP contribution is -2.34. The minimum Gasteiger partial charge on any atom is -0.481 e. The fourth-order valence-corrected chi connectivity index (χ4v) is 8.78. The predicted molar refractivity (Wildman–Crippen MR) is 207 cm³/mol. The lowest BCUT2D eigenvalue weighted by Gasteiger charge is -2.28. The van der Waals surface area contributed by atoms with Crippen LogP contribution in [0.15, 0.2) is 66.0 Å². The highest BCUT2D eigenvalue weighted by molar-refractivity contribution is 5.70. The van der Waals surface area contributed by atoms with Gasteiger partial charge in [-0.2, -0.15) is 0 Å². The van der Waals surface area contributed by atoms with E-state index >= 15 is 0 Å². The number of carboxylic acids is 1. The number of unbranched alkanes of at least 4 members (excludes halogenated alkanes) is 4. The summed E-state index contributed by atoms with van der Waals surface area (Å²) < 4.78 is 0. The summed E-state index contributed by atoms with van der Waals surface area (Å²) in [6.45, 7) is 5.95. The molecule has 286 valence electrons. The average molecular weight is 708 g/mol. The van der Waals surface area contributed by atoms with Crippen LogP contribution in [0.4, 0.5) is 0 Å². The highest BCUT2D eigenvalue weighted by atomic mass is 16.4. The topological polar surface area (TPSA) is 148 Å². The molecule has 9 atom stereocenters. The van der Waals surface area contributed by atoms with E-state index in [-0.39, 0.29) is 30.3 Å². The van der Waals surface area contributed by atoms with Crippen LogP contribution in [0.1, 0.15) is 122 Å². The van der Waals surface area contributed by atoms with Gasteiger partial charge < -0.3 is 36.8 Å².